The van der Waals surface area contributed by atoms with E-state index in [-0.39, 0.29) is 0 Å². The molecule has 1 aromatic carbocycles. The SMILES string of the molecule is CN=C(NCCSc1ccccc1)NCc1cccnc1N(C)C. The Labute approximate surface area is 148 Å². The van der Waals surface area contributed by atoms with Crippen molar-refractivity contribution in [3.8, 4) is 0 Å². The van der Waals surface area contributed by atoms with Gasteiger partial charge in [0.1, 0.15) is 5.82 Å². The van der Waals surface area contributed by atoms with Gasteiger partial charge in [0.05, 0.1) is 0 Å². The van der Waals surface area contributed by atoms with Crippen molar-refractivity contribution in [3.05, 3.63) is 54.2 Å². The standard InChI is InChI=1S/C18H25N5S/c1-19-18(21-12-13-24-16-9-5-4-6-10-16)22-14-15-8-7-11-20-17(15)23(2)3/h4-11H,12-14H2,1-3H3,(H2,19,21,22). The largest absolute Gasteiger partial charge is 0.362 e. The van der Waals surface area contributed by atoms with E-state index in [0.29, 0.717) is 6.54 Å². The lowest BCUT2D eigenvalue weighted by Gasteiger charge is -2.17. The summed E-state index contributed by atoms with van der Waals surface area (Å²) in [4.78, 5) is 12.0. The molecule has 0 unspecified atom stereocenters. The molecule has 0 aliphatic carbocycles. The monoisotopic (exact) mass is 343 g/mol. The van der Waals surface area contributed by atoms with Crippen LogP contribution in [0.3, 0.4) is 0 Å². The van der Waals surface area contributed by atoms with Crippen molar-refractivity contribution in [2.24, 2.45) is 4.99 Å². The Balaban J connectivity index is 1.77. The topological polar surface area (TPSA) is 52.6 Å². The molecule has 0 spiro atoms. The number of benzene rings is 1. The Kier molecular flexibility index (Phi) is 7.42. The first-order valence-corrected chi connectivity index (χ1v) is 8.93. The molecule has 128 valence electrons. The van der Waals surface area contributed by atoms with Crippen LogP contribution in [0, 0.1) is 0 Å². The van der Waals surface area contributed by atoms with E-state index in [1.165, 1.54) is 4.90 Å². The van der Waals surface area contributed by atoms with Crippen molar-refractivity contribution in [1.82, 2.24) is 15.6 Å². The molecular weight excluding hydrogens is 318 g/mol. The number of pyridine rings is 1. The minimum Gasteiger partial charge on any atom is -0.362 e. The minimum absolute atomic E-state index is 0.687. The number of thioether (sulfide) groups is 1. The number of rotatable bonds is 7. The molecule has 1 aromatic heterocycles. The van der Waals surface area contributed by atoms with Gasteiger partial charge in [0.15, 0.2) is 5.96 Å². The summed E-state index contributed by atoms with van der Waals surface area (Å²) in [6.45, 7) is 1.54. The van der Waals surface area contributed by atoms with E-state index in [9.17, 15) is 0 Å². The highest BCUT2D eigenvalue weighted by molar-refractivity contribution is 7.99. The van der Waals surface area contributed by atoms with E-state index in [1.54, 1.807) is 7.05 Å². The van der Waals surface area contributed by atoms with Crippen LogP contribution >= 0.6 is 11.8 Å². The van der Waals surface area contributed by atoms with Crippen molar-refractivity contribution in [1.29, 1.82) is 0 Å². The van der Waals surface area contributed by atoms with E-state index in [2.05, 4.69) is 50.9 Å². The van der Waals surface area contributed by atoms with Crippen LogP contribution in [-0.2, 0) is 6.54 Å². The highest BCUT2D eigenvalue weighted by Crippen LogP contribution is 2.16. The zero-order valence-electron chi connectivity index (χ0n) is 14.5. The highest BCUT2D eigenvalue weighted by Gasteiger charge is 2.06. The fourth-order valence-corrected chi connectivity index (χ4v) is 3.01. The first-order chi connectivity index (χ1) is 11.7. The Morgan fingerprint density at radius 1 is 1.12 bits per heavy atom. The van der Waals surface area contributed by atoms with Gasteiger partial charge < -0.3 is 15.5 Å². The first kappa shape index (κ1) is 18.1. The third kappa shape index (κ3) is 5.77. The predicted molar refractivity (Wildman–Crippen MR) is 104 cm³/mol. The maximum atomic E-state index is 4.41. The molecule has 0 bridgehead atoms. The van der Waals surface area contributed by atoms with Crippen LogP contribution in [0.2, 0.25) is 0 Å². The van der Waals surface area contributed by atoms with Crippen LogP contribution in [0.25, 0.3) is 0 Å². The van der Waals surface area contributed by atoms with Crippen LogP contribution in [0.1, 0.15) is 5.56 Å². The Morgan fingerprint density at radius 2 is 1.92 bits per heavy atom. The summed E-state index contributed by atoms with van der Waals surface area (Å²) in [6, 6.07) is 14.4. The molecule has 0 aliphatic rings. The predicted octanol–water partition coefficient (Wildman–Crippen LogP) is 2.60. The zero-order chi connectivity index (χ0) is 17.2. The average Bonchev–Trinajstić information content (AvgIpc) is 2.62. The molecule has 0 fully saturated rings. The molecule has 0 saturated heterocycles. The quantitative estimate of drug-likeness (QED) is 0.350. The summed E-state index contributed by atoms with van der Waals surface area (Å²) < 4.78 is 0. The second kappa shape index (κ2) is 9.82. The summed E-state index contributed by atoms with van der Waals surface area (Å²) in [5.74, 6) is 2.76. The van der Waals surface area contributed by atoms with Crippen molar-refractivity contribution < 1.29 is 0 Å². The molecule has 2 aromatic rings. The molecule has 2 N–H and O–H groups in total. The summed E-state index contributed by atoms with van der Waals surface area (Å²) in [6.07, 6.45) is 1.81. The van der Waals surface area contributed by atoms with Gasteiger partial charge in [0.25, 0.3) is 0 Å². The molecule has 5 nitrogen and oxygen atoms in total. The molecule has 0 aliphatic heterocycles. The average molecular weight is 344 g/mol. The summed E-state index contributed by atoms with van der Waals surface area (Å²) in [5.41, 5.74) is 1.14. The maximum Gasteiger partial charge on any atom is 0.191 e. The molecule has 1 heterocycles. The van der Waals surface area contributed by atoms with Gasteiger partial charge in [-0.1, -0.05) is 24.3 Å². The van der Waals surface area contributed by atoms with Gasteiger partial charge >= 0.3 is 0 Å². The Hall–Kier alpha value is -2.21. The number of guanidine groups is 1. The zero-order valence-corrected chi connectivity index (χ0v) is 15.3. The second-order valence-electron chi connectivity index (χ2n) is 5.39. The molecule has 0 atom stereocenters. The smallest absolute Gasteiger partial charge is 0.191 e. The van der Waals surface area contributed by atoms with Crippen LogP contribution in [0.15, 0.2) is 58.5 Å². The van der Waals surface area contributed by atoms with Crippen molar-refractivity contribution in [3.63, 3.8) is 0 Å². The van der Waals surface area contributed by atoms with Crippen molar-refractivity contribution >= 4 is 23.5 Å². The third-order valence-corrected chi connectivity index (χ3v) is 4.38. The van der Waals surface area contributed by atoms with Gasteiger partial charge in [-0.2, -0.15) is 0 Å². The molecular formula is C18H25N5S. The second-order valence-corrected chi connectivity index (χ2v) is 6.56. The van der Waals surface area contributed by atoms with Crippen LogP contribution in [0.5, 0.6) is 0 Å². The van der Waals surface area contributed by atoms with E-state index in [4.69, 9.17) is 0 Å². The number of anilines is 1. The lowest BCUT2D eigenvalue weighted by atomic mass is 10.2. The van der Waals surface area contributed by atoms with E-state index >= 15 is 0 Å². The van der Waals surface area contributed by atoms with Gasteiger partial charge in [-0.25, -0.2) is 4.98 Å². The fraction of sp³-hybridized carbons (Fsp3) is 0.333. The van der Waals surface area contributed by atoms with Gasteiger partial charge in [0.2, 0.25) is 0 Å². The first-order valence-electron chi connectivity index (χ1n) is 7.94. The number of hydrogen-bond acceptors (Lipinski definition) is 4. The summed E-state index contributed by atoms with van der Waals surface area (Å²) in [7, 11) is 5.79. The normalized spacial score (nSPS) is 11.2. The van der Waals surface area contributed by atoms with Gasteiger partial charge in [-0.15, -0.1) is 11.8 Å². The van der Waals surface area contributed by atoms with Gasteiger partial charge in [-0.3, -0.25) is 4.99 Å². The van der Waals surface area contributed by atoms with Gasteiger partial charge in [-0.05, 0) is 18.2 Å². The highest BCUT2D eigenvalue weighted by atomic mass is 32.2. The molecule has 6 heteroatoms. The third-order valence-electron chi connectivity index (χ3n) is 3.37. The van der Waals surface area contributed by atoms with E-state index in [0.717, 1.165) is 29.6 Å². The lowest BCUT2D eigenvalue weighted by Crippen LogP contribution is -2.38. The van der Waals surface area contributed by atoms with Crippen LogP contribution in [0.4, 0.5) is 5.82 Å². The molecule has 0 amide bonds. The molecule has 2 rings (SSSR count). The molecule has 0 saturated carbocycles. The number of nitrogens with one attached hydrogen (secondary N) is 2. The van der Waals surface area contributed by atoms with E-state index < -0.39 is 0 Å². The molecule has 24 heavy (non-hydrogen) atoms. The van der Waals surface area contributed by atoms with Gasteiger partial charge in [0, 0.05) is 56.6 Å². The Morgan fingerprint density at radius 3 is 2.62 bits per heavy atom. The Bertz CT molecular complexity index is 643. The number of hydrogen-bond donors (Lipinski definition) is 2. The summed E-state index contributed by atoms with van der Waals surface area (Å²) >= 11 is 1.83. The maximum absolute atomic E-state index is 4.41. The van der Waals surface area contributed by atoms with Crippen LogP contribution < -0.4 is 15.5 Å². The molecule has 0 radical (unpaired) electrons. The fourth-order valence-electron chi connectivity index (χ4n) is 2.23. The van der Waals surface area contributed by atoms with Crippen LogP contribution in [-0.4, -0.2) is 44.4 Å². The number of nitrogens with zero attached hydrogens (tertiary/aromatic N) is 3. The van der Waals surface area contributed by atoms with Crippen molar-refractivity contribution in [2.75, 3.05) is 38.3 Å². The summed E-state index contributed by atoms with van der Waals surface area (Å²) in [5, 5.41) is 6.69. The minimum atomic E-state index is 0.687. The lowest BCUT2D eigenvalue weighted by molar-refractivity contribution is 0.825. The van der Waals surface area contributed by atoms with E-state index in [1.807, 2.05) is 49.1 Å². The number of aliphatic imine (C=N–C) groups is 1. The number of aromatic nitrogens is 1. The van der Waals surface area contributed by atoms with Crippen molar-refractivity contribution in [2.45, 2.75) is 11.4 Å².